The summed E-state index contributed by atoms with van der Waals surface area (Å²) in [5, 5.41) is 0. The van der Waals surface area contributed by atoms with Gasteiger partial charge in [0.2, 0.25) is 0 Å². The van der Waals surface area contributed by atoms with E-state index in [4.69, 9.17) is 0 Å². The molecule has 0 N–H and O–H groups in total. The van der Waals surface area contributed by atoms with Crippen LogP contribution in [0.3, 0.4) is 0 Å². The van der Waals surface area contributed by atoms with Gasteiger partial charge < -0.3 is 0 Å². The zero-order valence-corrected chi connectivity index (χ0v) is 8.15. The standard InChI is InChI=1S/C10H19N/c1-6-10(5)11-7-9(4)8(2)3/h8H,4,6-7H2,1-3,5H3. The number of rotatable bonds is 4. The predicted octanol–water partition coefficient (Wildman–Crippen LogP) is 3.07. The summed E-state index contributed by atoms with van der Waals surface area (Å²) in [5.74, 6) is 0.559. The van der Waals surface area contributed by atoms with Crippen molar-refractivity contribution >= 4 is 5.71 Å². The molecule has 0 atom stereocenters. The molecule has 1 heteroatoms. The van der Waals surface area contributed by atoms with Crippen LogP contribution in [-0.2, 0) is 0 Å². The highest BCUT2D eigenvalue weighted by molar-refractivity contribution is 5.81. The zero-order valence-electron chi connectivity index (χ0n) is 8.15. The average molecular weight is 153 g/mol. The lowest BCUT2D eigenvalue weighted by molar-refractivity contribution is 0.750. The summed E-state index contributed by atoms with van der Waals surface area (Å²) >= 11 is 0. The second-order valence-electron chi connectivity index (χ2n) is 3.22. The minimum absolute atomic E-state index is 0.559. The van der Waals surface area contributed by atoms with Crippen LogP contribution in [0.2, 0.25) is 0 Å². The van der Waals surface area contributed by atoms with Gasteiger partial charge in [-0.1, -0.05) is 32.9 Å². The van der Waals surface area contributed by atoms with Gasteiger partial charge in [0.25, 0.3) is 0 Å². The van der Waals surface area contributed by atoms with E-state index in [9.17, 15) is 0 Å². The molecule has 0 heterocycles. The second kappa shape index (κ2) is 5.11. The van der Waals surface area contributed by atoms with Crippen LogP contribution >= 0.6 is 0 Å². The molecule has 11 heavy (non-hydrogen) atoms. The van der Waals surface area contributed by atoms with Crippen LogP contribution < -0.4 is 0 Å². The van der Waals surface area contributed by atoms with Gasteiger partial charge in [-0.05, 0) is 19.3 Å². The normalized spacial score (nSPS) is 12.3. The minimum atomic E-state index is 0.559. The lowest BCUT2D eigenvalue weighted by atomic mass is 10.1. The molecule has 0 aliphatic carbocycles. The van der Waals surface area contributed by atoms with Gasteiger partial charge in [-0.25, -0.2) is 0 Å². The van der Waals surface area contributed by atoms with E-state index in [1.54, 1.807) is 0 Å². The molecule has 0 aromatic carbocycles. The van der Waals surface area contributed by atoms with E-state index in [1.165, 1.54) is 11.3 Å². The Bertz CT molecular complexity index is 154. The molecule has 1 nitrogen and oxygen atoms in total. The van der Waals surface area contributed by atoms with E-state index in [0.29, 0.717) is 5.92 Å². The second-order valence-corrected chi connectivity index (χ2v) is 3.22. The van der Waals surface area contributed by atoms with Crippen LogP contribution in [0.5, 0.6) is 0 Å². The fourth-order valence-electron chi connectivity index (χ4n) is 0.531. The maximum absolute atomic E-state index is 4.38. The van der Waals surface area contributed by atoms with Crippen LogP contribution in [0.15, 0.2) is 17.1 Å². The maximum atomic E-state index is 4.38. The van der Waals surface area contributed by atoms with Crippen molar-refractivity contribution < 1.29 is 0 Å². The van der Waals surface area contributed by atoms with Crippen molar-refractivity contribution in [2.24, 2.45) is 10.9 Å². The van der Waals surface area contributed by atoms with E-state index in [-0.39, 0.29) is 0 Å². The molecular weight excluding hydrogens is 134 g/mol. The highest BCUT2D eigenvalue weighted by atomic mass is 14.7. The van der Waals surface area contributed by atoms with Crippen LogP contribution in [0.25, 0.3) is 0 Å². The largest absolute Gasteiger partial charge is 0.290 e. The number of aliphatic imine (C=N–C) groups is 1. The fraction of sp³-hybridized carbons (Fsp3) is 0.700. The van der Waals surface area contributed by atoms with Crippen LogP contribution in [0.1, 0.15) is 34.1 Å². The van der Waals surface area contributed by atoms with Gasteiger partial charge in [-0.15, -0.1) is 0 Å². The summed E-state index contributed by atoms with van der Waals surface area (Å²) in [4.78, 5) is 4.38. The third-order valence-corrected chi connectivity index (χ3v) is 1.88. The topological polar surface area (TPSA) is 12.4 Å². The maximum Gasteiger partial charge on any atom is 0.0598 e. The molecule has 0 rings (SSSR count). The van der Waals surface area contributed by atoms with Gasteiger partial charge in [0.15, 0.2) is 0 Å². The highest BCUT2D eigenvalue weighted by Crippen LogP contribution is 2.06. The first-order chi connectivity index (χ1) is 5.07. The zero-order chi connectivity index (χ0) is 8.85. The molecule has 0 saturated carbocycles. The Hall–Kier alpha value is -0.590. The molecule has 0 radical (unpaired) electrons. The van der Waals surface area contributed by atoms with Gasteiger partial charge in [-0.3, -0.25) is 4.99 Å². The van der Waals surface area contributed by atoms with E-state index in [2.05, 4.69) is 39.3 Å². The van der Waals surface area contributed by atoms with Crippen molar-refractivity contribution in [1.29, 1.82) is 0 Å². The Kier molecular flexibility index (Phi) is 4.84. The Labute approximate surface area is 70.2 Å². The molecule has 0 spiro atoms. The third kappa shape index (κ3) is 4.77. The van der Waals surface area contributed by atoms with E-state index in [0.717, 1.165) is 13.0 Å². The first kappa shape index (κ1) is 10.4. The van der Waals surface area contributed by atoms with E-state index >= 15 is 0 Å². The monoisotopic (exact) mass is 153 g/mol. The minimum Gasteiger partial charge on any atom is -0.290 e. The molecule has 0 bridgehead atoms. The predicted molar refractivity (Wildman–Crippen MR) is 52.2 cm³/mol. The van der Waals surface area contributed by atoms with E-state index in [1.807, 2.05) is 0 Å². The number of hydrogen-bond donors (Lipinski definition) is 0. The first-order valence-corrected chi connectivity index (χ1v) is 4.25. The molecule has 0 unspecified atom stereocenters. The first-order valence-electron chi connectivity index (χ1n) is 4.25. The lowest BCUT2D eigenvalue weighted by Gasteiger charge is -2.05. The lowest BCUT2D eigenvalue weighted by Crippen LogP contribution is -1.98. The molecule has 0 aliphatic rings. The van der Waals surface area contributed by atoms with Crippen LogP contribution in [0.4, 0.5) is 0 Å². The molecule has 0 aromatic rings. The van der Waals surface area contributed by atoms with Crippen LogP contribution in [-0.4, -0.2) is 12.3 Å². The Morgan fingerprint density at radius 3 is 2.36 bits per heavy atom. The van der Waals surface area contributed by atoms with Gasteiger partial charge in [-0.2, -0.15) is 0 Å². The van der Waals surface area contributed by atoms with Crippen molar-refractivity contribution in [3.63, 3.8) is 0 Å². The van der Waals surface area contributed by atoms with Crippen LogP contribution in [0, 0.1) is 5.92 Å². The Morgan fingerprint density at radius 2 is 2.00 bits per heavy atom. The molecular formula is C10H19N. The smallest absolute Gasteiger partial charge is 0.0598 e. The summed E-state index contributed by atoms with van der Waals surface area (Å²) in [6.45, 7) is 13.2. The van der Waals surface area contributed by atoms with Crippen molar-refractivity contribution in [3.8, 4) is 0 Å². The van der Waals surface area contributed by atoms with Gasteiger partial charge in [0.05, 0.1) is 6.54 Å². The van der Waals surface area contributed by atoms with Crippen molar-refractivity contribution in [3.05, 3.63) is 12.2 Å². The summed E-state index contributed by atoms with van der Waals surface area (Å²) in [5.41, 5.74) is 2.43. The summed E-state index contributed by atoms with van der Waals surface area (Å²) in [6, 6.07) is 0. The molecule has 64 valence electrons. The number of hydrogen-bond acceptors (Lipinski definition) is 1. The van der Waals surface area contributed by atoms with Gasteiger partial charge in [0.1, 0.15) is 0 Å². The van der Waals surface area contributed by atoms with Crippen molar-refractivity contribution in [1.82, 2.24) is 0 Å². The molecule has 0 fully saturated rings. The SMILES string of the molecule is C=C(CN=C(C)CC)C(C)C. The van der Waals surface area contributed by atoms with Gasteiger partial charge >= 0.3 is 0 Å². The molecule has 0 aromatic heterocycles. The number of nitrogens with zero attached hydrogens (tertiary/aromatic N) is 1. The average Bonchev–Trinajstić information content (AvgIpc) is 1.99. The quantitative estimate of drug-likeness (QED) is 0.435. The summed E-state index contributed by atoms with van der Waals surface area (Å²) in [7, 11) is 0. The summed E-state index contributed by atoms with van der Waals surface area (Å²) in [6.07, 6.45) is 1.05. The Morgan fingerprint density at radius 1 is 1.45 bits per heavy atom. The summed E-state index contributed by atoms with van der Waals surface area (Å²) < 4.78 is 0. The third-order valence-electron chi connectivity index (χ3n) is 1.88. The van der Waals surface area contributed by atoms with Crippen molar-refractivity contribution in [2.75, 3.05) is 6.54 Å². The van der Waals surface area contributed by atoms with Crippen molar-refractivity contribution in [2.45, 2.75) is 34.1 Å². The highest BCUT2D eigenvalue weighted by Gasteiger charge is 1.97. The molecule has 0 saturated heterocycles. The fourth-order valence-corrected chi connectivity index (χ4v) is 0.531. The molecule has 0 aliphatic heterocycles. The Balaban J connectivity index is 3.78. The van der Waals surface area contributed by atoms with E-state index < -0.39 is 0 Å². The molecule has 0 amide bonds. The van der Waals surface area contributed by atoms with Gasteiger partial charge in [0, 0.05) is 5.71 Å².